The third-order valence-electron chi connectivity index (χ3n) is 3.78. The zero-order valence-corrected chi connectivity index (χ0v) is 14.6. The zero-order valence-electron chi connectivity index (χ0n) is 14.6. The first-order valence-electron chi connectivity index (χ1n) is 8.19. The van der Waals surface area contributed by atoms with E-state index in [1.165, 1.54) is 18.2 Å². The lowest BCUT2D eigenvalue weighted by molar-refractivity contribution is -0.117. The standard InChI is InChI=1S/C20H21F2NO3/c1-3-18(15-7-11-16(25-2)12-8-15)23-19(24)13-6-14-4-9-17(10-5-14)26-20(21)22/h4-13,18,20H,3H2,1-2H3,(H,23,24)/b13-6+/t18-/m1/s1. The minimum atomic E-state index is -2.86. The van der Waals surface area contributed by atoms with Gasteiger partial charge in [0.2, 0.25) is 5.91 Å². The Bertz CT molecular complexity index is 728. The van der Waals surface area contributed by atoms with Crippen LogP contribution in [0.4, 0.5) is 8.78 Å². The second kappa shape index (κ2) is 9.56. The Hall–Kier alpha value is -2.89. The Balaban J connectivity index is 1.95. The van der Waals surface area contributed by atoms with Crippen LogP contribution in [-0.2, 0) is 4.79 Å². The van der Waals surface area contributed by atoms with Crippen molar-refractivity contribution in [3.05, 3.63) is 65.7 Å². The number of amides is 1. The molecule has 6 heteroatoms. The Labute approximate surface area is 151 Å². The van der Waals surface area contributed by atoms with Crippen molar-refractivity contribution in [1.82, 2.24) is 5.32 Å². The number of carbonyl (C=O) groups excluding carboxylic acids is 1. The molecule has 0 aliphatic rings. The smallest absolute Gasteiger partial charge is 0.387 e. The maximum absolute atomic E-state index is 12.1. The van der Waals surface area contributed by atoms with E-state index in [0.717, 1.165) is 17.7 Å². The molecule has 26 heavy (non-hydrogen) atoms. The van der Waals surface area contributed by atoms with Crippen LogP contribution in [0, 0.1) is 0 Å². The SMILES string of the molecule is CC[C@@H](NC(=O)/C=C/c1ccc(OC(F)F)cc1)c1ccc(OC)cc1. The van der Waals surface area contributed by atoms with E-state index >= 15 is 0 Å². The molecule has 0 spiro atoms. The predicted molar refractivity (Wildman–Crippen MR) is 96.3 cm³/mol. The lowest BCUT2D eigenvalue weighted by Crippen LogP contribution is -2.26. The summed E-state index contributed by atoms with van der Waals surface area (Å²) in [7, 11) is 1.60. The number of hydrogen-bond acceptors (Lipinski definition) is 3. The average Bonchev–Trinajstić information content (AvgIpc) is 2.65. The van der Waals surface area contributed by atoms with Gasteiger partial charge in [0.15, 0.2) is 0 Å². The van der Waals surface area contributed by atoms with Crippen molar-refractivity contribution in [3.63, 3.8) is 0 Å². The molecule has 0 saturated heterocycles. The van der Waals surface area contributed by atoms with Gasteiger partial charge < -0.3 is 14.8 Å². The minimum absolute atomic E-state index is 0.0761. The number of ether oxygens (including phenoxy) is 2. The number of hydrogen-bond donors (Lipinski definition) is 1. The molecule has 2 aromatic rings. The monoisotopic (exact) mass is 361 g/mol. The van der Waals surface area contributed by atoms with E-state index in [2.05, 4.69) is 10.1 Å². The van der Waals surface area contributed by atoms with Crippen LogP contribution in [0.15, 0.2) is 54.6 Å². The van der Waals surface area contributed by atoms with E-state index in [-0.39, 0.29) is 17.7 Å². The Morgan fingerprint density at radius 1 is 1.08 bits per heavy atom. The Kier molecular flexibility index (Phi) is 7.14. The first-order chi connectivity index (χ1) is 12.5. The van der Waals surface area contributed by atoms with Gasteiger partial charge in [-0.1, -0.05) is 31.2 Å². The minimum Gasteiger partial charge on any atom is -0.497 e. The number of rotatable bonds is 8. The first kappa shape index (κ1) is 19.4. The summed E-state index contributed by atoms with van der Waals surface area (Å²) in [6.07, 6.45) is 3.77. The van der Waals surface area contributed by atoms with Crippen molar-refractivity contribution >= 4 is 12.0 Å². The summed E-state index contributed by atoms with van der Waals surface area (Å²) in [6, 6.07) is 13.5. The van der Waals surface area contributed by atoms with Crippen molar-refractivity contribution in [2.45, 2.75) is 26.0 Å². The largest absolute Gasteiger partial charge is 0.497 e. The van der Waals surface area contributed by atoms with Gasteiger partial charge in [-0.2, -0.15) is 8.78 Å². The molecule has 138 valence electrons. The van der Waals surface area contributed by atoms with Gasteiger partial charge in [-0.25, -0.2) is 0 Å². The number of nitrogens with one attached hydrogen (secondary N) is 1. The summed E-state index contributed by atoms with van der Waals surface area (Å²) in [5.41, 5.74) is 1.70. The quantitative estimate of drug-likeness (QED) is 0.700. The highest BCUT2D eigenvalue weighted by atomic mass is 19.3. The van der Waals surface area contributed by atoms with E-state index in [0.29, 0.717) is 5.56 Å². The summed E-state index contributed by atoms with van der Waals surface area (Å²) < 4.78 is 33.6. The number of alkyl halides is 2. The van der Waals surface area contributed by atoms with Crippen molar-refractivity contribution < 1.29 is 23.0 Å². The van der Waals surface area contributed by atoms with Gasteiger partial charge in [0.05, 0.1) is 13.2 Å². The molecule has 1 atom stereocenters. The van der Waals surface area contributed by atoms with Gasteiger partial charge in [-0.05, 0) is 47.9 Å². The molecular weight excluding hydrogens is 340 g/mol. The van der Waals surface area contributed by atoms with Crippen LogP contribution < -0.4 is 14.8 Å². The van der Waals surface area contributed by atoms with Gasteiger partial charge in [-0.15, -0.1) is 0 Å². The lowest BCUT2D eigenvalue weighted by atomic mass is 10.0. The summed E-state index contributed by atoms with van der Waals surface area (Å²) >= 11 is 0. The summed E-state index contributed by atoms with van der Waals surface area (Å²) in [6.45, 7) is -0.869. The van der Waals surface area contributed by atoms with Crippen LogP contribution in [0.25, 0.3) is 6.08 Å². The van der Waals surface area contributed by atoms with Crippen LogP contribution in [0.3, 0.4) is 0 Å². The maximum Gasteiger partial charge on any atom is 0.387 e. The molecule has 0 aliphatic carbocycles. The van der Waals surface area contributed by atoms with E-state index in [1.807, 2.05) is 31.2 Å². The van der Waals surface area contributed by atoms with Crippen LogP contribution >= 0.6 is 0 Å². The molecule has 4 nitrogen and oxygen atoms in total. The molecule has 0 aromatic heterocycles. The Morgan fingerprint density at radius 2 is 1.69 bits per heavy atom. The average molecular weight is 361 g/mol. The van der Waals surface area contributed by atoms with E-state index < -0.39 is 6.61 Å². The third kappa shape index (κ3) is 5.88. The van der Waals surface area contributed by atoms with Gasteiger partial charge in [0.25, 0.3) is 0 Å². The fourth-order valence-corrected chi connectivity index (χ4v) is 2.41. The van der Waals surface area contributed by atoms with Gasteiger partial charge in [0.1, 0.15) is 11.5 Å². The van der Waals surface area contributed by atoms with Crippen LogP contribution in [0.2, 0.25) is 0 Å². The topological polar surface area (TPSA) is 47.6 Å². The van der Waals surface area contributed by atoms with Crippen LogP contribution in [0.1, 0.15) is 30.5 Å². The number of halogens is 2. The summed E-state index contributed by atoms with van der Waals surface area (Å²) in [5, 5.41) is 2.94. The van der Waals surface area contributed by atoms with Gasteiger partial charge >= 0.3 is 6.61 Å². The molecule has 0 fully saturated rings. The maximum atomic E-state index is 12.1. The van der Waals surface area contributed by atoms with Crippen molar-refractivity contribution in [1.29, 1.82) is 0 Å². The zero-order chi connectivity index (χ0) is 18.9. The summed E-state index contributed by atoms with van der Waals surface area (Å²) in [4.78, 5) is 12.1. The highest BCUT2D eigenvalue weighted by molar-refractivity contribution is 5.92. The molecule has 2 aromatic carbocycles. The molecule has 0 unspecified atom stereocenters. The van der Waals surface area contributed by atoms with E-state index in [1.54, 1.807) is 25.3 Å². The normalized spacial score (nSPS) is 12.2. The Morgan fingerprint density at radius 3 is 2.23 bits per heavy atom. The highest BCUT2D eigenvalue weighted by Crippen LogP contribution is 2.20. The van der Waals surface area contributed by atoms with Gasteiger partial charge in [-0.3, -0.25) is 4.79 Å². The molecule has 2 rings (SSSR count). The van der Waals surface area contributed by atoms with Crippen LogP contribution in [-0.4, -0.2) is 19.6 Å². The molecule has 0 saturated carbocycles. The summed E-state index contributed by atoms with van der Waals surface area (Å²) in [5.74, 6) is 0.599. The third-order valence-corrected chi connectivity index (χ3v) is 3.78. The van der Waals surface area contributed by atoms with Crippen LogP contribution in [0.5, 0.6) is 11.5 Å². The van der Waals surface area contributed by atoms with E-state index in [9.17, 15) is 13.6 Å². The molecule has 0 bridgehead atoms. The molecule has 0 aliphatic heterocycles. The molecule has 0 heterocycles. The number of methoxy groups -OCH3 is 1. The van der Waals surface area contributed by atoms with Crippen molar-refractivity contribution in [2.75, 3.05) is 7.11 Å². The number of benzene rings is 2. The molecule has 1 amide bonds. The van der Waals surface area contributed by atoms with Gasteiger partial charge in [0, 0.05) is 6.08 Å². The molecule has 0 radical (unpaired) electrons. The molecule has 1 N–H and O–H groups in total. The fourth-order valence-electron chi connectivity index (χ4n) is 2.41. The predicted octanol–water partition coefficient (Wildman–Crippen LogP) is 4.58. The highest BCUT2D eigenvalue weighted by Gasteiger charge is 2.11. The first-order valence-corrected chi connectivity index (χ1v) is 8.19. The van der Waals surface area contributed by atoms with Crippen molar-refractivity contribution in [3.8, 4) is 11.5 Å². The number of carbonyl (C=O) groups is 1. The second-order valence-corrected chi connectivity index (χ2v) is 5.52. The van der Waals surface area contributed by atoms with Crippen molar-refractivity contribution in [2.24, 2.45) is 0 Å². The fraction of sp³-hybridized carbons (Fsp3) is 0.250. The molecular formula is C20H21F2NO3. The van der Waals surface area contributed by atoms with E-state index in [4.69, 9.17) is 4.74 Å². The lowest BCUT2D eigenvalue weighted by Gasteiger charge is -2.16. The second-order valence-electron chi connectivity index (χ2n) is 5.52.